The molecule has 3 nitrogen and oxygen atoms in total. The molecule has 0 aliphatic heterocycles. The first-order valence-electron chi connectivity index (χ1n) is 5.39. The van der Waals surface area contributed by atoms with Gasteiger partial charge in [0.2, 0.25) is 0 Å². The van der Waals surface area contributed by atoms with Crippen molar-refractivity contribution >= 4 is 12.1 Å². The zero-order valence-corrected chi connectivity index (χ0v) is 9.92. The average molecular weight is 226 g/mol. The number of pyridine rings is 1. The first-order valence-corrected chi connectivity index (χ1v) is 5.39. The lowest BCUT2D eigenvalue weighted by Crippen LogP contribution is -2.09. The summed E-state index contributed by atoms with van der Waals surface area (Å²) in [5.41, 5.74) is 2.70. The van der Waals surface area contributed by atoms with E-state index in [1.807, 2.05) is 55.5 Å². The van der Waals surface area contributed by atoms with Crippen molar-refractivity contribution in [3.05, 3.63) is 48.2 Å². The molecule has 2 aromatic rings. The van der Waals surface area contributed by atoms with Crippen LogP contribution in [0.2, 0.25) is 0 Å². The van der Waals surface area contributed by atoms with Crippen molar-refractivity contribution in [2.24, 2.45) is 0 Å². The van der Waals surface area contributed by atoms with E-state index in [-0.39, 0.29) is 0 Å². The molecule has 0 saturated heterocycles. The Kier molecular flexibility index (Phi) is 3.19. The Morgan fingerprint density at radius 3 is 2.53 bits per heavy atom. The number of nitrogens with zero attached hydrogens (tertiary/aromatic N) is 2. The summed E-state index contributed by atoms with van der Waals surface area (Å²) >= 11 is 0. The Morgan fingerprint density at radius 1 is 1.12 bits per heavy atom. The molecule has 0 N–H and O–H groups in total. The van der Waals surface area contributed by atoms with Gasteiger partial charge < -0.3 is 4.90 Å². The van der Waals surface area contributed by atoms with Gasteiger partial charge in [-0.3, -0.25) is 4.79 Å². The van der Waals surface area contributed by atoms with Crippen LogP contribution in [0, 0.1) is 0 Å². The number of carbonyl (C=O) groups excluding carboxylic acids is 1. The van der Waals surface area contributed by atoms with E-state index in [0.717, 1.165) is 23.2 Å². The molecule has 0 spiro atoms. The molecular formula is C14H14N2O. The molecule has 0 saturated carbocycles. The SMILES string of the molecule is CN(C)c1ccc(-c2cccc(C=O)c2)cn1. The molecule has 0 aliphatic rings. The predicted octanol–water partition coefficient (Wildman–Crippen LogP) is 2.63. The average Bonchev–Trinajstić information content (AvgIpc) is 2.39. The highest BCUT2D eigenvalue weighted by Gasteiger charge is 2.01. The third kappa shape index (κ3) is 2.50. The quantitative estimate of drug-likeness (QED) is 0.754. The van der Waals surface area contributed by atoms with E-state index in [2.05, 4.69) is 4.98 Å². The van der Waals surface area contributed by atoms with Crippen molar-refractivity contribution in [1.29, 1.82) is 0 Å². The van der Waals surface area contributed by atoms with E-state index < -0.39 is 0 Å². The summed E-state index contributed by atoms with van der Waals surface area (Å²) in [6.07, 6.45) is 2.67. The van der Waals surface area contributed by atoms with Crippen molar-refractivity contribution in [3.63, 3.8) is 0 Å². The van der Waals surface area contributed by atoms with Crippen LogP contribution in [0.15, 0.2) is 42.6 Å². The van der Waals surface area contributed by atoms with Gasteiger partial charge in [0.15, 0.2) is 0 Å². The fraction of sp³-hybridized carbons (Fsp3) is 0.143. The number of aldehydes is 1. The summed E-state index contributed by atoms with van der Waals surface area (Å²) in [5, 5.41) is 0. The number of anilines is 1. The summed E-state index contributed by atoms with van der Waals surface area (Å²) < 4.78 is 0. The molecule has 2 rings (SSSR count). The van der Waals surface area contributed by atoms with Gasteiger partial charge >= 0.3 is 0 Å². The Bertz CT molecular complexity index is 518. The highest BCUT2D eigenvalue weighted by Crippen LogP contribution is 2.20. The summed E-state index contributed by atoms with van der Waals surface area (Å²) in [7, 11) is 3.91. The number of hydrogen-bond donors (Lipinski definition) is 0. The molecule has 1 heterocycles. The second-order valence-electron chi connectivity index (χ2n) is 4.04. The van der Waals surface area contributed by atoms with Gasteiger partial charge in [0, 0.05) is 31.4 Å². The van der Waals surface area contributed by atoms with Gasteiger partial charge in [-0.25, -0.2) is 4.98 Å². The Morgan fingerprint density at radius 2 is 1.94 bits per heavy atom. The van der Waals surface area contributed by atoms with Crippen molar-refractivity contribution in [2.75, 3.05) is 19.0 Å². The van der Waals surface area contributed by atoms with Gasteiger partial charge in [0.05, 0.1) is 0 Å². The lowest BCUT2D eigenvalue weighted by Gasteiger charge is -2.11. The van der Waals surface area contributed by atoms with Crippen LogP contribution >= 0.6 is 0 Å². The molecular weight excluding hydrogens is 212 g/mol. The van der Waals surface area contributed by atoms with Crippen LogP contribution in [0.25, 0.3) is 11.1 Å². The van der Waals surface area contributed by atoms with Gasteiger partial charge in [-0.2, -0.15) is 0 Å². The Balaban J connectivity index is 2.36. The Hall–Kier alpha value is -2.16. The highest BCUT2D eigenvalue weighted by molar-refractivity contribution is 5.78. The van der Waals surface area contributed by atoms with Crippen LogP contribution in [0.1, 0.15) is 10.4 Å². The zero-order valence-electron chi connectivity index (χ0n) is 9.92. The standard InChI is InChI=1S/C14H14N2O/c1-16(2)14-7-6-13(9-15-14)12-5-3-4-11(8-12)10-17/h3-10H,1-2H3. The highest BCUT2D eigenvalue weighted by atomic mass is 16.1. The van der Waals surface area contributed by atoms with Crippen molar-refractivity contribution in [3.8, 4) is 11.1 Å². The van der Waals surface area contributed by atoms with Crippen molar-refractivity contribution in [1.82, 2.24) is 4.98 Å². The molecule has 0 bridgehead atoms. The minimum absolute atomic E-state index is 0.680. The van der Waals surface area contributed by atoms with Gasteiger partial charge in [-0.1, -0.05) is 18.2 Å². The van der Waals surface area contributed by atoms with Crippen LogP contribution in [0.5, 0.6) is 0 Å². The van der Waals surface area contributed by atoms with Crippen LogP contribution in [-0.2, 0) is 0 Å². The third-order valence-electron chi connectivity index (χ3n) is 2.56. The Labute approximate surface area is 101 Å². The van der Waals surface area contributed by atoms with E-state index >= 15 is 0 Å². The smallest absolute Gasteiger partial charge is 0.150 e. The first-order chi connectivity index (χ1) is 8.20. The maximum atomic E-state index is 10.7. The summed E-state index contributed by atoms with van der Waals surface area (Å²) in [4.78, 5) is 17.0. The maximum absolute atomic E-state index is 10.7. The summed E-state index contributed by atoms with van der Waals surface area (Å²) in [6.45, 7) is 0. The predicted molar refractivity (Wildman–Crippen MR) is 69.4 cm³/mol. The third-order valence-corrected chi connectivity index (χ3v) is 2.56. The van der Waals surface area contributed by atoms with E-state index in [0.29, 0.717) is 5.56 Å². The first kappa shape index (κ1) is 11.3. The van der Waals surface area contributed by atoms with Gasteiger partial charge in [-0.05, 0) is 23.8 Å². The second kappa shape index (κ2) is 4.78. The van der Waals surface area contributed by atoms with Crippen molar-refractivity contribution < 1.29 is 4.79 Å². The van der Waals surface area contributed by atoms with E-state index in [4.69, 9.17) is 0 Å². The topological polar surface area (TPSA) is 33.2 Å². The molecule has 0 aliphatic carbocycles. The molecule has 17 heavy (non-hydrogen) atoms. The molecule has 86 valence electrons. The largest absolute Gasteiger partial charge is 0.363 e. The minimum atomic E-state index is 0.680. The number of rotatable bonds is 3. The van der Waals surface area contributed by atoms with Crippen LogP contribution in [0.3, 0.4) is 0 Å². The van der Waals surface area contributed by atoms with E-state index in [9.17, 15) is 4.79 Å². The zero-order chi connectivity index (χ0) is 12.3. The van der Waals surface area contributed by atoms with Gasteiger partial charge in [0.25, 0.3) is 0 Å². The van der Waals surface area contributed by atoms with Gasteiger partial charge in [0.1, 0.15) is 12.1 Å². The number of benzene rings is 1. The summed E-state index contributed by atoms with van der Waals surface area (Å²) in [6, 6.07) is 11.5. The monoisotopic (exact) mass is 226 g/mol. The molecule has 1 aromatic heterocycles. The number of hydrogen-bond acceptors (Lipinski definition) is 3. The number of carbonyl (C=O) groups is 1. The molecule has 1 aromatic carbocycles. The van der Waals surface area contributed by atoms with Crippen LogP contribution < -0.4 is 4.90 Å². The lowest BCUT2D eigenvalue weighted by molar-refractivity contribution is 0.112. The van der Waals surface area contributed by atoms with Gasteiger partial charge in [-0.15, -0.1) is 0 Å². The second-order valence-corrected chi connectivity index (χ2v) is 4.04. The van der Waals surface area contributed by atoms with Crippen LogP contribution in [0.4, 0.5) is 5.82 Å². The molecule has 0 atom stereocenters. The van der Waals surface area contributed by atoms with E-state index in [1.165, 1.54) is 0 Å². The van der Waals surface area contributed by atoms with Crippen LogP contribution in [-0.4, -0.2) is 25.4 Å². The normalized spacial score (nSPS) is 10.0. The molecule has 3 heteroatoms. The molecule has 0 unspecified atom stereocenters. The molecule has 0 radical (unpaired) electrons. The minimum Gasteiger partial charge on any atom is -0.363 e. The fourth-order valence-corrected chi connectivity index (χ4v) is 1.61. The number of aromatic nitrogens is 1. The maximum Gasteiger partial charge on any atom is 0.150 e. The fourth-order valence-electron chi connectivity index (χ4n) is 1.61. The molecule has 0 fully saturated rings. The van der Waals surface area contributed by atoms with E-state index in [1.54, 1.807) is 6.07 Å². The van der Waals surface area contributed by atoms with Crippen molar-refractivity contribution in [2.45, 2.75) is 0 Å². The lowest BCUT2D eigenvalue weighted by atomic mass is 10.1. The summed E-state index contributed by atoms with van der Waals surface area (Å²) in [5.74, 6) is 0.917. The molecule has 0 amide bonds.